The molecule has 0 radical (unpaired) electrons. The predicted octanol–water partition coefficient (Wildman–Crippen LogP) is 4.45. The van der Waals surface area contributed by atoms with Crippen LogP contribution in [-0.2, 0) is 10.2 Å². The molecule has 34 heavy (non-hydrogen) atoms. The van der Waals surface area contributed by atoms with Crippen LogP contribution in [0.1, 0.15) is 75.1 Å². The standard InChI is InChI=1S/C27H36N2O5/c1-17(2)14-27(25(32)33)15-19(16-30)23(21-9-7-8-12-28-21)29(27)24(31)18-10-11-20(26(3,4)5)22(13-18)34-6/h7-13,17,19,23,30H,14-16H2,1-6H3,(H,32,33)/t19-,23-,27+/m1/s1. The molecule has 184 valence electrons. The molecule has 0 saturated carbocycles. The van der Waals surface area contributed by atoms with Crippen molar-refractivity contribution in [2.75, 3.05) is 13.7 Å². The monoisotopic (exact) mass is 468 g/mol. The number of methoxy groups -OCH3 is 1. The third-order valence-electron chi connectivity index (χ3n) is 6.63. The molecule has 7 nitrogen and oxygen atoms in total. The van der Waals surface area contributed by atoms with E-state index in [-0.39, 0.29) is 30.8 Å². The van der Waals surface area contributed by atoms with Crippen LogP contribution in [0.15, 0.2) is 42.6 Å². The molecule has 1 amide bonds. The van der Waals surface area contributed by atoms with E-state index in [2.05, 4.69) is 25.8 Å². The number of ether oxygens (including phenoxy) is 1. The van der Waals surface area contributed by atoms with Gasteiger partial charge in [-0.1, -0.05) is 46.8 Å². The van der Waals surface area contributed by atoms with Gasteiger partial charge in [-0.15, -0.1) is 0 Å². The number of aromatic nitrogens is 1. The average molecular weight is 469 g/mol. The van der Waals surface area contributed by atoms with Crippen LogP contribution >= 0.6 is 0 Å². The summed E-state index contributed by atoms with van der Waals surface area (Å²) in [6.45, 7) is 9.83. The van der Waals surface area contributed by atoms with Crippen molar-refractivity contribution < 1.29 is 24.5 Å². The fourth-order valence-electron chi connectivity index (χ4n) is 5.25. The molecule has 2 heterocycles. The summed E-state index contributed by atoms with van der Waals surface area (Å²) in [5.74, 6) is -1.33. The second-order valence-electron chi connectivity index (χ2n) is 10.6. The van der Waals surface area contributed by atoms with E-state index < -0.39 is 29.4 Å². The molecule has 0 unspecified atom stereocenters. The highest BCUT2D eigenvalue weighted by Crippen LogP contribution is 2.50. The summed E-state index contributed by atoms with van der Waals surface area (Å²) < 4.78 is 5.60. The Morgan fingerprint density at radius 1 is 1.24 bits per heavy atom. The maximum Gasteiger partial charge on any atom is 0.329 e. The average Bonchev–Trinajstić information content (AvgIpc) is 3.12. The molecular formula is C27H36N2O5. The number of benzene rings is 1. The van der Waals surface area contributed by atoms with Crippen molar-refractivity contribution in [3.63, 3.8) is 0 Å². The van der Waals surface area contributed by atoms with E-state index in [0.717, 1.165) is 5.56 Å². The van der Waals surface area contributed by atoms with Crippen molar-refractivity contribution in [2.24, 2.45) is 11.8 Å². The third-order valence-corrected chi connectivity index (χ3v) is 6.63. The lowest BCUT2D eigenvalue weighted by Gasteiger charge is -2.39. The molecule has 0 spiro atoms. The Morgan fingerprint density at radius 3 is 2.44 bits per heavy atom. The van der Waals surface area contributed by atoms with Crippen LogP contribution < -0.4 is 4.74 Å². The van der Waals surface area contributed by atoms with E-state index in [1.165, 1.54) is 4.90 Å². The van der Waals surface area contributed by atoms with E-state index in [4.69, 9.17) is 4.74 Å². The van der Waals surface area contributed by atoms with E-state index >= 15 is 0 Å². The summed E-state index contributed by atoms with van der Waals surface area (Å²) in [5, 5.41) is 20.7. The Hall–Kier alpha value is -2.93. The molecule has 1 aromatic heterocycles. The van der Waals surface area contributed by atoms with Gasteiger partial charge in [-0.2, -0.15) is 0 Å². The zero-order chi connectivity index (χ0) is 25.3. The first kappa shape index (κ1) is 25.7. The Balaban J connectivity index is 2.21. The molecule has 1 saturated heterocycles. The topological polar surface area (TPSA) is 100.0 Å². The van der Waals surface area contributed by atoms with Gasteiger partial charge in [-0.25, -0.2) is 4.79 Å². The number of rotatable bonds is 7. The van der Waals surface area contributed by atoms with E-state index in [9.17, 15) is 19.8 Å². The van der Waals surface area contributed by atoms with Gasteiger partial charge in [0.2, 0.25) is 0 Å². The van der Waals surface area contributed by atoms with Crippen LogP contribution in [-0.4, -0.2) is 51.2 Å². The molecule has 0 bridgehead atoms. The van der Waals surface area contributed by atoms with Crippen molar-refractivity contribution >= 4 is 11.9 Å². The number of carboxylic acid groups (broad SMARTS) is 1. The quantitative estimate of drug-likeness (QED) is 0.623. The van der Waals surface area contributed by atoms with Crippen molar-refractivity contribution in [3.05, 3.63) is 59.4 Å². The number of hydrogen-bond donors (Lipinski definition) is 2. The number of nitrogens with zero attached hydrogens (tertiary/aromatic N) is 2. The number of carbonyl (C=O) groups excluding carboxylic acids is 1. The van der Waals surface area contributed by atoms with Gasteiger partial charge in [0, 0.05) is 24.3 Å². The molecule has 0 aliphatic carbocycles. The van der Waals surface area contributed by atoms with Crippen molar-refractivity contribution in [3.8, 4) is 5.75 Å². The predicted molar refractivity (Wildman–Crippen MR) is 130 cm³/mol. The van der Waals surface area contributed by atoms with Crippen molar-refractivity contribution in [1.82, 2.24) is 9.88 Å². The van der Waals surface area contributed by atoms with Crippen molar-refractivity contribution in [1.29, 1.82) is 0 Å². The Morgan fingerprint density at radius 2 is 1.94 bits per heavy atom. The van der Waals surface area contributed by atoms with Gasteiger partial charge in [0.15, 0.2) is 0 Å². The van der Waals surface area contributed by atoms with Crippen molar-refractivity contribution in [2.45, 2.75) is 64.5 Å². The highest BCUT2D eigenvalue weighted by molar-refractivity contribution is 5.99. The number of pyridine rings is 1. The highest BCUT2D eigenvalue weighted by Gasteiger charge is 2.59. The van der Waals surface area contributed by atoms with E-state index in [1.807, 2.05) is 26.0 Å². The summed E-state index contributed by atoms with van der Waals surface area (Å²) in [6.07, 6.45) is 2.04. The zero-order valence-corrected chi connectivity index (χ0v) is 20.9. The zero-order valence-electron chi connectivity index (χ0n) is 20.9. The molecular weight excluding hydrogens is 432 g/mol. The molecule has 1 aliphatic rings. The van der Waals surface area contributed by atoms with Gasteiger partial charge in [0.1, 0.15) is 11.3 Å². The molecule has 1 aromatic carbocycles. The fourth-order valence-corrected chi connectivity index (χ4v) is 5.25. The summed E-state index contributed by atoms with van der Waals surface area (Å²) >= 11 is 0. The first-order valence-electron chi connectivity index (χ1n) is 11.7. The molecule has 1 aliphatic heterocycles. The van der Waals surface area contributed by atoms with Gasteiger partial charge in [0.05, 0.1) is 18.8 Å². The summed E-state index contributed by atoms with van der Waals surface area (Å²) in [7, 11) is 1.56. The Bertz CT molecular complexity index is 1030. The van der Waals surface area contributed by atoms with Crippen LogP contribution in [0, 0.1) is 11.8 Å². The number of aliphatic hydroxyl groups is 1. The smallest absolute Gasteiger partial charge is 0.329 e. The lowest BCUT2D eigenvalue weighted by Crippen LogP contribution is -2.54. The lowest BCUT2D eigenvalue weighted by atomic mass is 9.83. The molecule has 2 aromatic rings. The Labute approximate surface area is 201 Å². The Kier molecular flexibility index (Phi) is 7.36. The minimum atomic E-state index is -1.46. The van der Waals surface area contributed by atoms with Gasteiger partial charge < -0.3 is 19.8 Å². The minimum absolute atomic E-state index is 0.0195. The second kappa shape index (κ2) is 9.74. The maximum absolute atomic E-state index is 14.1. The molecule has 3 atom stereocenters. The number of aliphatic hydroxyl groups excluding tert-OH is 1. The van der Waals surface area contributed by atoms with Gasteiger partial charge in [-0.3, -0.25) is 9.78 Å². The number of aliphatic carboxylic acids is 1. The molecule has 2 N–H and O–H groups in total. The number of likely N-dealkylation sites (tertiary alicyclic amines) is 1. The van der Waals surface area contributed by atoms with Gasteiger partial charge >= 0.3 is 5.97 Å². The first-order valence-corrected chi connectivity index (χ1v) is 11.7. The van der Waals surface area contributed by atoms with Gasteiger partial charge in [-0.05, 0) is 54.0 Å². The van der Waals surface area contributed by atoms with Crippen LogP contribution in [0.2, 0.25) is 0 Å². The molecule has 3 rings (SSSR count). The third kappa shape index (κ3) is 4.67. The summed E-state index contributed by atoms with van der Waals surface area (Å²) in [4.78, 5) is 32.9. The number of amides is 1. The highest BCUT2D eigenvalue weighted by atomic mass is 16.5. The maximum atomic E-state index is 14.1. The molecule has 7 heteroatoms. The summed E-state index contributed by atoms with van der Waals surface area (Å²) in [6, 6.07) is 9.98. The number of carbonyl (C=O) groups is 2. The van der Waals surface area contributed by atoms with Crippen LogP contribution in [0.4, 0.5) is 0 Å². The number of carboxylic acids is 1. The fraction of sp³-hybridized carbons (Fsp3) is 0.519. The largest absolute Gasteiger partial charge is 0.496 e. The van der Waals surface area contributed by atoms with Crippen LogP contribution in [0.3, 0.4) is 0 Å². The minimum Gasteiger partial charge on any atom is -0.496 e. The first-order chi connectivity index (χ1) is 16.0. The SMILES string of the molecule is COc1cc(C(=O)N2[C@@H](c3ccccn3)[C@@H](CO)C[C@@]2(CC(C)C)C(=O)O)ccc1C(C)(C)C. The van der Waals surface area contributed by atoms with Gasteiger partial charge in [0.25, 0.3) is 5.91 Å². The number of hydrogen-bond acceptors (Lipinski definition) is 5. The van der Waals surface area contributed by atoms with Crippen LogP contribution in [0.25, 0.3) is 0 Å². The lowest BCUT2D eigenvalue weighted by molar-refractivity contribution is -0.150. The summed E-state index contributed by atoms with van der Waals surface area (Å²) in [5.41, 5.74) is 0.214. The van der Waals surface area contributed by atoms with Crippen LogP contribution in [0.5, 0.6) is 5.75 Å². The normalized spacial score (nSPS) is 22.8. The van der Waals surface area contributed by atoms with E-state index in [0.29, 0.717) is 17.0 Å². The molecule has 1 fully saturated rings. The second-order valence-corrected chi connectivity index (χ2v) is 10.6. The van der Waals surface area contributed by atoms with E-state index in [1.54, 1.807) is 37.6 Å².